The molecule has 2 fully saturated rings. The molecule has 82 valence electrons. The summed E-state index contributed by atoms with van der Waals surface area (Å²) < 4.78 is 6.00. The summed E-state index contributed by atoms with van der Waals surface area (Å²) in [6, 6.07) is 2.17. The molecule has 15 heavy (non-hydrogen) atoms. The maximum Gasteiger partial charge on any atom is 0.0958 e. The summed E-state index contributed by atoms with van der Waals surface area (Å²) in [5.74, 6) is 0. The average molecular weight is 223 g/mol. The van der Waals surface area contributed by atoms with Crippen LogP contribution >= 0.6 is 11.3 Å². The molecule has 0 amide bonds. The summed E-state index contributed by atoms with van der Waals surface area (Å²) in [5.41, 5.74) is 1.66. The molecule has 0 aromatic carbocycles. The highest BCUT2D eigenvalue weighted by molar-refractivity contribution is 7.07. The van der Waals surface area contributed by atoms with Gasteiger partial charge in [0.25, 0.3) is 0 Å². The van der Waals surface area contributed by atoms with E-state index in [1.165, 1.54) is 31.2 Å². The van der Waals surface area contributed by atoms with E-state index in [-0.39, 0.29) is 6.10 Å². The molecule has 1 unspecified atom stereocenters. The van der Waals surface area contributed by atoms with Gasteiger partial charge in [-0.2, -0.15) is 11.3 Å². The first-order valence-electron chi connectivity index (χ1n) is 5.77. The number of rotatable bonds is 1. The van der Waals surface area contributed by atoms with Gasteiger partial charge in [-0.15, -0.1) is 0 Å². The van der Waals surface area contributed by atoms with Gasteiger partial charge in [0, 0.05) is 12.1 Å². The third-order valence-corrected chi connectivity index (χ3v) is 4.40. The van der Waals surface area contributed by atoms with Crippen molar-refractivity contribution in [1.29, 1.82) is 0 Å². The van der Waals surface area contributed by atoms with E-state index in [9.17, 15) is 0 Å². The number of thiophene rings is 1. The zero-order chi connectivity index (χ0) is 10.1. The smallest absolute Gasteiger partial charge is 0.0958 e. The third kappa shape index (κ3) is 1.84. The molecule has 2 heterocycles. The molecule has 3 rings (SSSR count). The van der Waals surface area contributed by atoms with E-state index in [1.54, 1.807) is 11.3 Å². The van der Waals surface area contributed by atoms with Crippen molar-refractivity contribution in [1.82, 2.24) is 5.32 Å². The van der Waals surface area contributed by atoms with Gasteiger partial charge in [0.2, 0.25) is 0 Å². The lowest BCUT2D eigenvalue weighted by atomic mass is 9.96. The Morgan fingerprint density at radius 3 is 2.87 bits per heavy atom. The first-order valence-corrected chi connectivity index (χ1v) is 6.71. The highest BCUT2D eigenvalue weighted by atomic mass is 32.1. The molecule has 2 aliphatic rings. The minimum atomic E-state index is 0.280. The van der Waals surface area contributed by atoms with Gasteiger partial charge in [0.05, 0.1) is 12.7 Å². The summed E-state index contributed by atoms with van der Waals surface area (Å²) in [4.78, 5) is 0. The third-order valence-electron chi connectivity index (χ3n) is 3.70. The molecule has 3 heteroatoms. The second-order valence-electron chi connectivity index (χ2n) is 4.72. The van der Waals surface area contributed by atoms with Gasteiger partial charge in [-0.3, -0.25) is 0 Å². The average Bonchev–Trinajstić information content (AvgIpc) is 2.91. The van der Waals surface area contributed by atoms with E-state index in [2.05, 4.69) is 22.1 Å². The van der Waals surface area contributed by atoms with Crippen molar-refractivity contribution in [2.75, 3.05) is 13.2 Å². The molecular weight excluding hydrogens is 206 g/mol. The van der Waals surface area contributed by atoms with Crippen LogP contribution in [0.2, 0.25) is 0 Å². The molecule has 1 N–H and O–H groups in total. The number of hydrogen-bond donors (Lipinski definition) is 1. The minimum absolute atomic E-state index is 0.280. The maximum atomic E-state index is 6.00. The molecule has 0 radical (unpaired) electrons. The SMILES string of the molecule is c1cc(C2CNC3(CCCC3)CO2)cs1. The molecule has 1 aliphatic heterocycles. The Balaban J connectivity index is 1.65. The lowest BCUT2D eigenvalue weighted by Crippen LogP contribution is -2.53. The first-order chi connectivity index (χ1) is 7.38. The molecule has 0 bridgehead atoms. The van der Waals surface area contributed by atoms with E-state index in [1.807, 2.05) is 0 Å². The van der Waals surface area contributed by atoms with Crippen LogP contribution in [-0.4, -0.2) is 18.7 Å². The van der Waals surface area contributed by atoms with E-state index < -0.39 is 0 Å². The number of hydrogen-bond acceptors (Lipinski definition) is 3. The summed E-state index contributed by atoms with van der Waals surface area (Å²) in [6.45, 7) is 1.88. The van der Waals surface area contributed by atoms with Gasteiger partial charge in [0.1, 0.15) is 0 Å². The van der Waals surface area contributed by atoms with Crippen LogP contribution in [-0.2, 0) is 4.74 Å². The fourth-order valence-corrected chi connectivity index (χ4v) is 3.43. The van der Waals surface area contributed by atoms with Gasteiger partial charge >= 0.3 is 0 Å². The van der Waals surface area contributed by atoms with E-state index in [4.69, 9.17) is 4.74 Å². The molecule has 1 saturated heterocycles. The Morgan fingerprint density at radius 1 is 1.40 bits per heavy atom. The summed E-state index contributed by atoms with van der Waals surface area (Å²) in [7, 11) is 0. The molecule has 1 atom stereocenters. The monoisotopic (exact) mass is 223 g/mol. The van der Waals surface area contributed by atoms with Crippen molar-refractivity contribution in [3.05, 3.63) is 22.4 Å². The Morgan fingerprint density at radius 2 is 2.27 bits per heavy atom. The Hall–Kier alpha value is -0.380. The van der Waals surface area contributed by atoms with Gasteiger partial charge in [-0.05, 0) is 35.2 Å². The van der Waals surface area contributed by atoms with Crippen LogP contribution < -0.4 is 5.32 Å². The largest absolute Gasteiger partial charge is 0.370 e. The van der Waals surface area contributed by atoms with Crippen molar-refractivity contribution in [2.45, 2.75) is 37.3 Å². The zero-order valence-electron chi connectivity index (χ0n) is 8.87. The zero-order valence-corrected chi connectivity index (χ0v) is 9.69. The predicted octanol–water partition coefficient (Wildman–Crippen LogP) is 2.72. The van der Waals surface area contributed by atoms with E-state index in [0.29, 0.717) is 5.54 Å². The Kier molecular flexibility index (Phi) is 2.54. The van der Waals surface area contributed by atoms with Gasteiger partial charge in [-0.25, -0.2) is 0 Å². The molecule has 1 spiro atoms. The fourth-order valence-electron chi connectivity index (χ4n) is 2.72. The van der Waals surface area contributed by atoms with Gasteiger partial charge in [0.15, 0.2) is 0 Å². The molecular formula is C12H17NOS. The van der Waals surface area contributed by atoms with Crippen LogP contribution in [0.1, 0.15) is 37.4 Å². The molecule has 2 nitrogen and oxygen atoms in total. The standard InChI is InChI=1S/C12H17NOS/c1-2-5-12(4-1)9-14-11(7-13-12)10-3-6-15-8-10/h3,6,8,11,13H,1-2,4-5,7,9H2. The van der Waals surface area contributed by atoms with Gasteiger partial charge in [-0.1, -0.05) is 12.8 Å². The molecule has 1 aliphatic carbocycles. The normalized spacial score (nSPS) is 29.7. The van der Waals surface area contributed by atoms with E-state index >= 15 is 0 Å². The summed E-state index contributed by atoms with van der Waals surface area (Å²) >= 11 is 1.75. The maximum absolute atomic E-state index is 6.00. The second-order valence-corrected chi connectivity index (χ2v) is 5.50. The van der Waals surface area contributed by atoms with Crippen LogP contribution in [0.4, 0.5) is 0 Å². The van der Waals surface area contributed by atoms with Crippen LogP contribution in [0.15, 0.2) is 16.8 Å². The topological polar surface area (TPSA) is 21.3 Å². The van der Waals surface area contributed by atoms with Crippen molar-refractivity contribution in [2.24, 2.45) is 0 Å². The Bertz CT molecular complexity index is 306. The van der Waals surface area contributed by atoms with Crippen molar-refractivity contribution >= 4 is 11.3 Å². The van der Waals surface area contributed by atoms with Crippen molar-refractivity contribution in [3.63, 3.8) is 0 Å². The van der Waals surface area contributed by atoms with Crippen LogP contribution in [0.3, 0.4) is 0 Å². The quantitative estimate of drug-likeness (QED) is 0.790. The predicted molar refractivity (Wildman–Crippen MR) is 62.2 cm³/mol. The van der Waals surface area contributed by atoms with E-state index in [0.717, 1.165) is 13.2 Å². The summed E-state index contributed by atoms with van der Waals surface area (Å²) in [6.07, 6.45) is 5.59. The van der Waals surface area contributed by atoms with Crippen molar-refractivity contribution < 1.29 is 4.74 Å². The lowest BCUT2D eigenvalue weighted by molar-refractivity contribution is -0.0324. The number of nitrogens with one attached hydrogen (secondary N) is 1. The number of ether oxygens (including phenoxy) is 1. The highest BCUT2D eigenvalue weighted by Gasteiger charge is 2.38. The second kappa shape index (κ2) is 3.89. The summed E-state index contributed by atoms with van der Waals surface area (Å²) in [5, 5.41) is 8.03. The highest BCUT2D eigenvalue weighted by Crippen LogP contribution is 2.35. The van der Waals surface area contributed by atoms with Gasteiger partial charge < -0.3 is 10.1 Å². The molecule has 1 saturated carbocycles. The fraction of sp³-hybridized carbons (Fsp3) is 0.667. The van der Waals surface area contributed by atoms with Crippen molar-refractivity contribution in [3.8, 4) is 0 Å². The molecule has 1 aromatic rings. The van der Waals surface area contributed by atoms with Crippen LogP contribution in [0, 0.1) is 0 Å². The Labute approximate surface area is 94.6 Å². The molecule has 1 aromatic heterocycles. The van der Waals surface area contributed by atoms with Crippen LogP contribution in [0.25, 0.3) is 0 Å². The first kappa shape index (κ1) is 9.82. The minimum Gasteiger partial charge on any atom is -0.370 e. The number of morpholine rings is 1. The van der Waals surface area contributed by atoms with Crippen LogP contribution in [0.5, 0.6) is 0 Å². The lowest BCUT2D eigenvalue weighted by Gasteiger charge is -2.38.